The molecule has 2 aromatic carbocycles. The Morgan fingerprint density at radius 2 is 1.62 bits per heavy atom. The van der Waals surface area contributed by atoms with Gasteiger partial charge in [0.1, 0.15) is 5.82 Å². The van der Waals surface area contributed by atoms with Gasteiger partial charge < -0.3 is 10.6 Å². The highest BCUT2D eigenvalue weighted by atomic mass is 15.1. The van der Waals surface area contributed by atoms with E-state index in [-0.39, 0.29) is 0 Å². The number of aryl methyl sites for hydroxylation is 3. The summed E-state index contributed by atoms with van der Waals surface area (Å²) in [5, 5.41) is 6.62. The molecule has 1 aromatic heterocycles. The number of hydrogen-bond donors (Lipinski definition) is 2. The molecular weight excluding hydrogens is 296 g/mol. The SMILES string of the molecule is Cc1ccc(CNc2ccnc(Nc3ccc(C)cc3C)n2)cc1. The van der Waals surface area contributed by atoms with E-state index in [1.54, 1.807) is 6.20 Å². The highest BCUT2D eigenvalue weighted by Gasteiger charge is 2.03. The Morgan fingerprint density at radius 3 is 2.38 bits per heavy atom. The summed E-state index contributed by atoms with van der Waals surface area (Å²) in [6.07, 6.45) is 1.76. The van der Waals surface area contributed by atoms with Gasteiger partial charge in [0, 0.05) is 18.4 Å². The van der Waals surface area contributed by atoms with Crippen LogP contribution in [0, 0.1) is 20.8 Å². The van der Waals surface area contributed by atoms with Crippen LogP contribution in [0.3, 0.4) is 0 Å². The molecule has 0 spiro atoms. The molecule has 0 aliphatic rings. The van der Waals surface area contributed by atoms with Crippen LogP contribution in [0.4, 0.5) is 17.5 Å². The van der Waals surface area contributed by atoms with E-state index < -0.39 is 0 Å². The number of hydrogen-bond acceptors (Lipinski definition) is 4. The first-order valence-corrected chi connectivity index (χ1v) is 8.07. The fraction of sp³-hybridized carbons (Fsp3) is 0.200. The van der Waals surface area contributed by atoms with Crippen molar-refractivity contribution >= 4 is 17.5 Å². The molecule has 122 valence electrons. The summed E-state index contributed by atoms with van der Waals surface area (Å²) in [6.45, 7) is 6.99. The van der Waals surface area contributed by atoms with Gasteiger partial charge in [-0.05, 0) is 44.0 Å². The molecule has 0 aliphatic heterocycles. The predicted molar refractivity (Wildman–Crippen MR) is 99.7 cm³/mol. The van der Waals surface area contributed by atoms with Crippen LogP contribution in [0.15, 0.2) is 54.7 Å². The van der Waals surface area contributed by atoms with E-state index >= 15 is 0 Å². The van der Waals surface area contributed by atoms with Crippen molar-refractivity contribution in [3.8, 4) is 0 Å². The van der Waals surface area contributed by atoms with E-state index in [1.165, 1.54) is 22.3 Å². The quantitative estimate of drug-likeness (QED) is 0.712. The van der Waals surface area contributed by atoms with Crippen LogP contribution in [0.2, 0.25) is 0 Å². The molecule has 0 amide bonds. The molecule has 0 bridgehead atoms. The lowest BCUT2D eigenvalue weighted by Gasteiger charge is -2.11. The van der Waals surface area contributed by atoms with E-state index in [1.807, 2.05) is 6.07 Å². The second kappa shape index (κ2) is 7.13. The van der Waals surface area contributed by atoms with Crippen LogP contribution in [0.5, 0.6) is 0 Å². The lowest BCUT2D eigenvalue weighted by atomic mass is 10.1. The number of rotatable bonds is 5. The molecule has 0 unspecified atom stereocenters. The summed E-state index contributed by atoms with van der Waals surface area (Å²) in [7, 11) is 0. The minimum atomic E-state index is 0.593. The average Bonchev–Trinajstić information content (AvgIpc) is 2.57. The van der Waals surface area contributed by atoms with Gasteiger partial charge in [0.15, 0.2) is 0 Å². The molecule has 4 nitrogen and oxygen atoms in total. The number of nitrogens with one attached hydrogen (secondary N) is 2. The van der Waals surface area contributed by atoms with Crippen molar-refractivity contribution < 1.29 is 0 Å². The van der Waals surface area contributed by atoms with Gasteiger partial charge in [-0.25, -0.2) is 4.98 Å². The van der Waals surface area contributed by atoms with E-state index in [2.05, 4.69) is 83.8 Å². The third-order valence-electron chi connectivity index (χ3n) is 3.88. The van der Waals surface area contributed by atoms with Crippen molar-refractivity contribution in [1.82, 2.24) is 9.97 Å². The summed E-state index contributed by atoms with van der Waals surface area (Å²) in [5.74, 6) is 1.40. The van der Waals surface area contributed by atoms with Gasteiger partial charge in [-0.3, -0.25) is 0 Å². The van der Waals surface area contributed by atoms with Crippen LogP contribution in [-0.4, -0.2) is 9.97 Å². The summed E-state index contributed by atoms with van der Waals surface area (Å²) in [4.78, 5) is 8.83. The maximum absolute atomic E-state index is 4.53. The number of nitrogens with zero attached hydrogens (tertiary/aromatic N) is 2. The van der Waals surface area contributed by atoms with Crippen LogP contribution in [0.1, 0.15) is 22.3 Å². The first-order valence-electron chi connectivity index (χ1n) is 8.07. The lowest BCUT2D eigenvalue weighted by Crippen LogP contribution is -2.04. The molecule has 3 aromatic rings. The predicted octanol–water partition coefficient (Wildman–Crippen LogP) is 4.76. The Balaban J connectivity index is 1.68. The minimum Gasteiger partial charge on any atom is -0.366 e. The summed E-state index contributed by atoms with van der Waals surface area (Å²) < 4.78 is 0. The normalized spacial score (nSPS) is 10.5. The van der Waals surface area contributed by atoms with Crippen molar-refractivity contribution in [1.29, 1.82) is 0 Å². The second-order valence-corrected chi connectivity index (χ2v) is 6.05. The number of benzene rings is 2. The molecule has 0 fully saturated rings. The van der Waals surface area contributed by atoms with Crippen molar-refractivity contribution in [3.63, 3.8) is 0 Å². The maximum atomic E-state index is 4.53. The topological polar surface area (TPSA) is 49.8 Å². The zero-order valence-corrected chi connectivity index (χ0v) is 14.3. The Bertz CT molecular complexity index is 825. The molecule has 24 heavy (non-hydrogen) atoms. The van der Waals surface area contributed by atoms with Gasteiger partial charge in [-0.15, -0.1) is 0 Å². The van der Waals surface area contributed by atoms with Gasteiger partial charge in [-0.2, -0.15) is 4.98 Å². The van der Waals surface area contributed by atoms with Crippen LogP contribution >= 0.6 is 0 Å². The fourth-order valence-electron chi connectivity index (χ4n) is 2.49. The van der Waals surface area contributed by atoms with Crippen molar-refractivity contribution in [2.75, 3.05) is 10.6 Å². The van der Waals surface area contributed by atoms with Crippen LogP contribution in [-0.2, 0) is 6.54 Å². The summed E-state index contributed by atoms with van der Waals surface area (Å²) >= 11 is 0. The number of anilines is 3. The second-order valence-electron chi connectivity index (χ2n) is 6.05. The molecule has 2 N–H and O–H groups in total. The first-order chi connectivity index (χ1) is 11.6. The van der Waals surface area contributed by atoms with E-state index in [4.69, 9.17) is 0 Å². The monoisotopic (exact) mass is 318 g/mol. The van der Waals surface area contributed by atoms with Crippen LogP contribution < -0.4 is 10.6 Å². The fourth-order valence-corrected chi connectivity index (χ4v) is 2.49. The zero-order chi connectivity index (χ0) is 16.9. The Morgan fingerprint density at radius 1 is 0.875 bits per heavy atom. The van der Waals surface area contributed by atoms with E-state index in [0.29, 0.717) is 5.95 Å². The highest BCUT2D eigenvalue weighted by Crippen LogP contribution is 2.20. The largest absolute Gasteiger partial charge is 0.366 e. The molecule has 0 atom stereocenters. The maximum Gasteiger partial charge on any atom is 0.229 e. The molecule has 0 aliphatic carbocycles. The summed E-state index contributed by atoms with van der Waals surface area (Å²) in [5.41, 5.74) is 5.93. The van der Waals surface area contributed by atoms with Gasteiger partial charge in [-0.1, -0.05) is 47.5 Å². The third kappa shape index (κ3) is 4.10. The minimum absolute atomic E-state index is 0.593. The van der Waals surface area contributed by atoms with Crippen molar-refractivity contribution in [2.24, 2.45) is 0 Å². The van der Waals surface area contributed by atoms with E-state index in [0.717, 1.165) is 18.1 Å². The molecule has 4 heteroatoms. The van der Waals surface area contributed by atoms with Crippen LogP contribution in [0.25, 0.3) is 0 Å². The molecule has 0 radical (unpaired) electrons. The van der Waals surface area contributed by atoms with Gasteiger partial charge >= 0.3 is 0 Å². The smallest absolute Gasteiger partial charge is 0.229 e. The van der Waals surface area contributed by atoms with Gasteiger partial charge in [0.2, 0.25) is 5.95 Å². The molecule has 3 rings (SSSR count). The first kappa shape index (κ1) is 16.0. The summed E-state index contributed by atoms with van der Waals surface area (Å²) in [6, 6.07) is 16.6. The van der Waals surface area contributed by atoms with Gasteiger partial charge in [0.25, 0.3) is 0 Å². The molecule has 1 heterocycles. The van der Waals surface area contributed by atoms with E-state index in [9.17, 15) is 0 Å². The number of aromatic nitrogens is 2. The lowest BCUT2D eigenvalue weighted by molar-refractivity contribution is 1.08. The zero-order valence-electron chi connectivity index (χ0n) is 14.3. The average molecular weight is 318 g/mol. The van der Waals surface area contributed by atoms with Crippen molar-refractivity contribution in [3.05, 3.63) is 77.0 Å². The Labute approximate surface area is 143 Å². The Kier molecular flexibility index (Phi) is 4.75. The van der Waals surface area contributed by atoms with Gasteiger partial charge in [0.05, 0.1) is 0 Å². The molecule has 0 saturated carbocycles. The standard InChI is InChI=1S/C20H22N4/c1-14-4-7-17(8-5-14)13-22-19-10-11-21-20(24-19)23-18-9-6-15(2)12-16(18)3/h4-12H,13H2,1-3H3,(H2,21,22,23,24). The van der Waals surface area contributed by atoms with Crippen molar-refractivity contribution in [2.45, 2.75) is 27.3 Å². The third-order valence-corrected chi connectivity index (χ3v) is 3.88. The molecular formula is C20H22N4. The molecule has 0 saturated heterocycles. The highest BCUT2D eigenvalue weighted by molar-refractivity contribution is 5.59. The Hall–Kier alpha value is -2.88.